The maximum atomic E-state index is 12.5. The number of nitrogens with zero attached hydrogens (tertiary/aromatic N) is 3. The predicted molar refractivity (Wildman–Crippen MR) is 55.7 cm³/mol. The van der Waals surface area contributed by atoms with Crippen molar-refractivity contribution in [3.05, 3.63) is 24.2 Å². The Kier molecular flexibility index (Phi) is 2.81. The molecule has 0 saturated heterocycles. The summed E-state index contributed by atoms with van der Waals surface area (Å²) in [5.41, 5.74) is 4.01. The van der Waals surface area contributed by atoms with Crippen LogP contribution < -0.4 is 11.1 Å². The van der Waals surface area contributed by atoms with Crippen LogP contribution in [0.1, 0.15) is 5.69 Å². The fourth-order valence-corrected chi connectivity index (χ4v) is 1.37. The van der Waals surface area contributed by atoms with Gasteiger partial charge < -0.3 is 11.1 Å². The molecule has 9 heteroatoms. The van der Waals surface area contributed by atoms with Crippen molar-refractivity contribution >= 4 is 17.2 Å². The molecular formula is C9H8F3N5O. The second kappa shape index (κ2) is 4.17. The summed E-state index contributed by atoms with van der Waals surface area (Å²) in [7, 11) is 0. The number of amides is 1. The van der Waals surface area contributed by atoms with Gasteiger partial charge in [-0.05, 0) is 0 Å². The molecule has 0 aliphatic heterocycles. The van der Waals surface area contributed by atoms with Gasteiger partial charge in [-0.1, -0.05) is 0 Å². The summed E-state index contributed by atoms with van der Waals surface area (Å²) >= 11 is 0. The van der Waals surface area contributed by atoms with Crippen molar-refractivity contribution in [1.82, 2.24) is 14.6 Å². The highest BCUT2D eigenvalue weighted by atomic mass is 19.4. The topological polar surface area (TPSA) is 85.3 Å². The minimum Gasteiger partial charge on any atom is -0.368 e. The van der Waals surface area contributed by atoms with Crippen LogP contribution in [0.3, 0.4) is 0 Å². The van der Waals surface area contributed by atoms with Crippen LogP contribution in [0.5, 0.6) is 0 Å². The number of fused-ring (bicyclic) bond motifs is 1. The Bertz CT molecular complexity index is 591. The monoisotopic (exact) mass is 259 g/mol. The van der Waals surface area contributed by atoms with Crippen LogP contribution in [0.2, 0.25) is 0 Å². The largest absolute Gasteiger partial charge is 0.435 e. The van der Waals surface area contributed by atoms with Crippen molar-refractivity contribution in [1.29, 1.82) is 0 Å². The standard InChI is InChI=1S/C9H8F3N5O/c10-9(11,12)6-3-5-8(15-4-7(13)18)14-1-2-17(5)16-6/h1-3H,4H2,(H2,13,18)(H,14,15). The number of carbonyl (C=O) groups excluding carboxylic acids is 1. The van der Waals surface area contributed by atoms with Crippen LogP contribution in [-0.4, -0.2) is 27.0 Å². The Hall–Kier alpha value is -2.32. The zero-order valence-corrected chi connectivity index (χ0v) is 8.90. The highest BCUT2D eigenvalue weighted by Crippen LogP contribution is 2.29. The SMILES string of the molecule is NC(=O)CNc1nccn2nc(C(F)(F)F)cc12. The molecule has 2 heterocycles. The lowest BCUT2D eigenvalue weighted by Crippen LogP contribution is -2.22. The maximum Gasteiger partial charge on any atom is 0.435 e. The fourth-order valence-electron chi connectivity index (χ4n) is 1.37. The van der Waals surface area contributed by atoms with Crippen LogP contribution in [0, 0.1) is 0 Å². The van der Waals surface area contributed by atoms with E-state index in [1.54, 1.807) is 0 Å². The first-order chi connectivity index (χ1) is 8.38. The van der Waals surface area contributed by atoms with Gasteiger partial charge in [0.15, 0.2) is 11.5 Å². The Morgan fingerprint density at radius 3 is 2.83 bits per heavy atom. The molecule has 2 aromatic rings. The molecule has 2 aromatic heterocycles. The second-order valence-corrected chi connectivity index (χ2v) is 3.45. The molecule has 0 spiro atoms. The van der Waals surface area contributed by atoms with E-state index in [1.807, 2.05) is 0 Å². The molecular weight excluding hydrogens is 251 g/mol. The lowest BCUT2D eigenvalue weighted by molar-refractivity contribution is -0.141. The van der Waals surface area contributed by atoms with Crippen LogP contribution in [0.15, 0.2) is 18.5 Å². The Labute approximate surface area is 98.6 Å². The van der Waals surface area contributed by atoms with Gasteiger partial charge in [-0.15, -0.1) is 0 Å². The van der Waals surface area contributed by atoms with E-state index in [0.29, 0.717) is 0 Å². The number of carbonyl (C=O) groups is 1. The summed E-state index contributed by atoms with van der Waals surface area (Å²) < 4.78 is 38.5. The van der Waals surface area contributed by atoms with Gasteiger partial charge in [0.05, 0.1) is 6.54 Å². The van der Waals surface area contributed by atoms with Gasteiger partial charge in [-0.25, -0.2) is 9.50 Å². The van der Waals surface area contributed by atoms with Crippen molar-refractivity contribution in [2.45, 2.75) is 6.18 Å². The predicted octanol–water partition coefficient (Wildman–Crippen LogP) is 0.645. The first-order valence-corrected chi connectivity index (χ1v) is 4.81. The second-order valence-electron chi connectivity index (χ2n) is 3.45. The van der Waals surface area contributed by atoms with E-state index < -0.39 is 17.8 Å². The molecule has 0 aromatic carbocycles. The summed E-state index contributed by atoms with van der Waals surface area (Å²) in [5, 5.41) is 5.91. The van der Waals surface area contributed by atoms with Gasteiger partial charge in [0, 0.05) is 18.5 Å². The zero-order valence-electron chi connectivity index (χ0n) is 8.90. The molecule has 2 rings (SSSR count). The number of anilines is 1. The lowest BCUT2D eigenvalue weighted by Gasteiger charge is -2.03. The van der Waals surface area contributed by atoms with Crippen LogP contribution >= 0.6 is 0 Å². The van der Waals surface area contributed by atoms with Crippen molar-refractivity contribution in [2.24, 2.45) is 5.73 Å². The first kappa shape index (κ1) is 12.1. The van der Waals surface area contributed by atoms with E-state index >= 15 is 0 Å². The average Bonchev–Trinajstić information content (AvgIpc) is 2.69. The fraction of sp³-hybridized carbons (Fsp3) is 0.222. The smallest absolute Gasteiger partial charge is 0.368 e. The van der Waals surface area contributed by atoms with Crippen molar-refractivity contribution in [3.8, 4) is 0 Å². The molecule has 0 bridgehead atoms. The lowest BCUT2D eigenvalue weighted by atomic mass is 10.3. The number of alkyl halides is 3. The first-order valence-electron chi connectivity index (χ1n) is 4.81. The van der Waals surface area contributed by atoms with Crippen LogP contribution in [0.25, 0.3) is 5.52 Å². The minimum atomic E-state index is -4.53. The average molecular weight is 259 g/mol. The van der Waals surface area contributed by atoms with Crippen LogP contribution in [-0.2, 0) is 11.0 Å². The molecule has 1 amide bonds. The summed E-state index contributed by atoms with van der Waals surface area (Å²) in [6.07, 6.45) is -1.99. The molecule has 0 fully saturated rings. The number of nitrogens with two attached hydrogens (primary N) is 1. The Morgan fingerprint density at radius 1 is 1.50 bits per heavy atom. The number of hydrogen-bond donors (Lipinski definition) is 2. The van der Waals surface area contributed by atoms with E-state index in [2.05, 4.69) is 15.4 Å². The highest BCUT2D eigenvalue weighted by Gasteiger charge is 2.34. The Balaban J connectivity index is 2.42. The third-order valence-corrected chi connectivity index (χ3v) is 2.11. The number of halogens is 3. The van der Waals surface area contributed by atoms with E-state index in [4.69, 9.17) is 5.73 Å². The van der Waals surface area contributed by atoms with Gasteiger partial charge in [-0.3, -0.25) is 4.79 Å². The van der Waals surface area contributed by atoms with E-state index in [0.717, 1.165) is 10.6 Å². The molecule has 0 radical (unpaired) electrons. The van der Waals surface area contributed by atoms with Gasteiger partial charge in [0.25, 0.3) is 0 Å². The quantitative estimate of drug-likeness (QED) is 0.847. The third kappa shape index (κ3) is 2.34. The number of hydrogen-bond acceptors (Lipinski definition) is 4. The zero-order chi connectivity index (χ0) is 13.3. The summed E-state index contributed by atoms with van der Waals surface area (Å²) in [4.78, 5) is 14.4. The van der Waals surface area contributed by atoms with E-state index in [-0.39, 0.29) is 17.9 Å². The number of nitrogens with one attached hydrogen (secondary N) is 1. The number of rotatable bonds is 3. The van der Waals surface area contributed by atoms with Gasteiger partial charge in [-0.2, -0.15) is 18.3 Å². The van der Waals surface area contributed by atoms with Crippen LogP contribution in [0.4, 0.5) is 19.0 Å². The summed E-state index contributed by atoms with van der Waals surface area (Å²) in [5.74, 6) is -0.534. The van der Waals surface area contributed by atoms with Gasteiger partial charge in [0.1, 0.15) is 5.52 Å². The number of aromatic nitrogens is 3. The summed E-state index contributed by atoms with van der Waals surface area (Å²) in [6.45, 7) is -0.223. The molecule has 0 unspecified atom stereocenters. The van der Waals surface area contributed by atoms with Gasteiger partial charge >= 0.3 is 6.18 Å². The van der Waals surface area contributed by atoms with Gasteiger partial charge in [0.2, 0.25) is 5.91 Å². The normalized spacial score (nSPS) is 11.7. The van der Waals surface area contributed by atoms with Crippen molar-refractivity contribution in [3.63, 3.8) is 0 Å². The molecule has 0 atom stereocenters. The molecule has 3 N–H and O–H groups in total. The van der Waals surface area contributed by atoms with Crippen molar-refractivity contribution < 1.29 is 18.0 Å². The molecule has 6 nitrogen and oxygen atoms in total. The van der Waals surface area contributed by atoms with Crippen molar-refractivity contribution in [2.75, 3.05) is 11.9 Å². The minimum absolute atomic E-state index is 0.110. The maximum absolute atomic E-state index is 12.5. The Morgan fingerprint density at radius 2 is 2.22 bits per heavy atom. The molecule has 96 valence electrons. The highest BCUT2D eigenvalue weighted by molar-refractivity contribution is 5.80. The molecule has 0 aliphatic rings. The molecule has 18 heavy (non-hydrogen) atoms. The molecule has 0 saturated carbocycles. The van der Waals surface area contributed by atoms with E-state index in [9.17, 15) is 18.0 Å². The summed E-state index contributed by atoms with van der Waals surface area (Å²) in [6, 6.07) is 0.844. The third-order valence-electron chi connectivity index (χ3n) is 2.11. The molecule has 0 aliphatic carbocycles. The van der Waals surface area contributed by atoms with E-state index in [1.165, 1.54) is 12.4 Å². The number of primary amides is 1.